The normalized spacial score (nSPS) is 38.7. The molecule has 0 radical (unpaired) electrons. The Kier molecular flexibility index (Phi) is 4.96. The van der Waals surface area contributed by atoms with Crippen molar-refractivity contribution in [1.82, 2.24) is 0 Å². The van der Waals surface area contributed by atoms with Crippen LogP contribution in [0.25, 0.3) is 0 Å². The quantitative estimate of drug-likeness (QED) is 0.432. The summed E-state index contributed by atoms with van der Waals surface area (Å²) in [4.78, 5) is 47.3. The second-order valence-corrected chi connectivity index (χ2v) is 5.85. The van der Waals surface area contributed by atoms with E-state index in [1.165, 1.54) is 0 Å². The lowest BCUT2D eigenvalue weighted by atomic mass is 9.69. The summed E-state index contributed by atoms with van der Waals surface area (Å²) in [7, 11) is 0. The third kappa shape index (κ3) is 2.74. The van der Waals surface area contributed by atoms with Gasteiger partial charge in [-0.25, -0.2) is 0 Å². The zero-order valence-corrected chi connectivity index (χ0v) is 13.2. The molecule has 0 spiro atoms. The van der Waals surface area contributed by atoms with Crippen molar-refractivity contribution < 1.29 is 44.3 Å². The summed E-state index contributed by atoms with van der Waals surface area (Å²) >= 11 is 0. The van der Waals surface area contributed by atoms with E-state index in [1.807, 2.05) is 0 Å². The monoisotopic (exact) mass is 332 g/mol. The van der Waals surface area contributed by atoms with Gasteiger partial charge in [0.1, 0.15) is 6.10 Å². The zero-order chi connectivity index (χ0) is 18.4. The van der Waals surface area contributed by atoms with E-state index in [0.29, 0.717) is 0 Å². The number of carbonyl (C=O) groups excluding carboxylic acids is 4. The number of ketones is 4. The molecule has 9 nitrogen and oxygen atoms in total. The van der Waals surface area contributed by atoms with Crippen LogP contribution in [0.3, 0.4) is 0 Å². The Morgan fingerprint density at radius 3 is 1.78 bits per heavy atom. The van der Waals surface area contributed by atoms with Gasteiger partial charge in [-0.15, -0.1) is 0 Å². The van der Waals surface area contributed by atoms with E-state index < -0.39 is 58.8 Å². The Hall–Kier alpha value is -1.52. The van der Waals surface area contributed by atoms with Gasteiger partial charge in [0.25, 0.3) is 5.79 Å². The van der Waals surface area contributed by atoms with E-state index in [0.717, 1.165) is 27.7 Å². The number of aliphatic hydroxyl groups is 4. The van der Waals surface area contributed by atoms with Crippen molar-refractivity contribution in [3.8, 4) is 0 Å². The number of hydrogen-bond donors (Lipinski definition) is 4. The largest absolute Gasteiger partial charge is 0.386 e. The molecule has 0 bridgehead atoms. The van der Waals surface area contributed by atoms with E-state index in [9.17, 15) is 39.6 Å². The highest BCUT2D eigenvalue weighted by Gasteiger charge is 2.70. The van der Waals surface area contributed by atoms with Gasteiger partial charge in [0.2, 0.25) is 0 Å². The fourth-order valence-corrected chi connectivity index (χ4v) is 2.53. The highest BCUT2D eigenvalue weighted by molar-refractivity contribution is 6.02. The Morgan fingerprint density at radius 2 is 1.48 bits per heavy atom. The van der Waals surface area contributed by atoms with Crippen molar-refractivity contribution >= 4 is 23.1 Å². The number of aliphatic hydroxyl groups excluding tert-OH is 1. The van der Waals surface area contributed by atoms with Crippen molar-refractivity contribution in [1.29, 1.82) is 0 Å². The van der Waals surface area contributed by atoms with Crippen LogP contribution in [0.15, 0.2) is 0 Å². The number of Topliss-reactive ketones (excluding diaryl/α,β-unsaturated/α-hetero) is 4. The summed E-state index contributed by atoms with van der Waals surface area (Å²) < 4.78 is 4.87. The fourth-order valence-electron chi connectivity index (χ4n) is 2.53. The predicted octanol–water partition coefficient (Wildman–Crippen LogP) is -2.36. The van der Waals surface area contributed by atoms with Crippen LogP contribution < -0.4 is 0 Å². The predicted molar refractivity (Wildman–Crippen MR) is 73.1 cm³/mol. The fraction of sp³-hybridized carbons (Fsp3) is 0.714. The molecule has 1 fully saturated rings. The summed E-state index contributed by atoms with van der Waals surface area (Å²) in [5.74, 6) is -7.72. The molecule has 1 heterocycles. The molecule has 0 aliphatic carbocycles. The van der Waals surface area contributed by atoms with E-state index in [1.54, 1.807) is 0 Å². The lowest BCUT2D eigenvalue weighted by molar-refractivity contribution is -0.332. The molecule has 4 N–H and O–H groups in total. The molecule has 9 heteroatoms. The number of rotatable bonds is 5. The number of hydrogen-bond acceptors (Lipinski definition) is 9. The third-order valence-electron chi connectivity index (χ3n) is 4.15. The van der Waals surface area contributed by atoms with Crippen LogP contribution in [-0.2, 0) is 23.9 Å². The van der Waals surface area contributed by atoms with Crippen LogP contribution in [0.5, 0.6) is 0 Å². The number of ether oxygens (including phenoxy) is 1. The summed E-state index contributed by atoms with van der Waals surface area (Å²) in [6.07, 6.45) is -4.96. The van der Waals surface area contributed by atoms with Crippen molar-refractivity contribution in [3.63, 3.8) is 0 Å². The first kappa shape index (κ1) is 19.5. The first-order valence-corrected chi connectivity index (χ1v) is 6.84. The lowest BCUT2D eigenvalue weighted by Crippen LogP contribution is -2.76. The van der Waals surface area contributed by atoms with Gasteiger partial charge in [0.15, 0.2) is 40.4 Å². The van der Waals surface area contributed by atoms with Crippen molar-refractivity contribution in [2.75, 3.05) is 0 Å². The van der Waals surface area contributed by atoms with Gasteiger partial charge >= 0.3 is 0 Å². The van der Waals surface area contributed by atoms with Gasteiger partial charge in [0, 0.05) is 13.3 Å². The minimum absolute atomic E-state index is 0.802. The number of carbonyl (C=O) groups is 4. The molecule has 0 aromatic heterocycles. The molecule has 130 valence electrons. The maximum atomic E-state index is 12.0. The average Bonchev–Trinajstić information content (AvgIpc) is 2.41. The molecule has 1 rings (SSSR count). The smallest absolute Gasteiger partial charge is 0.264 e. The van der Waals surface area contributed by atoms with Gasteiger partial charge in [0.05, 0.1) is 0 Å². The maximum absolute atomic E-state index is 12.0. The van der Waals surface area contributed by atoms with Crippen LogP contribution in [0, 0.1) is 0 Å². The molecule has 0 amide bonds. The summed E-state index contributed by atoms with van der Waals surface area (Å²) in [6.45, 7) is 3.54. The van der Waals surface area contributed by atoms with E-state index >= 15 is 0 Å². The summed E-state index contributed by atoms with van der Waals surface area (Å²) in [5.41, 5.74) is -5.63. The molecule has 0 saturated carbocycles. The molecule has 0 aromatic carbocycles. The van der Waals surface area contributed by atoms with Gasteiger partial charge < -0.3 is 25.2 Å². The van der Waals surface area contributed by atoms with Gasteiger partial charge in [-0.3, -0.25) is 19.2 Å². The van der Waals surface area contributed by atoms with Crippen LogP contribution >= 0.6 is 0 Å². The molecule has 23 heavy (non-hydrogen) atoms. The first-order valence-electron chi connectivity index (χ1n) is 6.84. The van der Waals surface area contributed by atoms with Crippen molar-refractivity contribution in [2.45, 2.75) is 63.3 Å². The van der Waals surface area contributed by atoms with Gasteiger partial charge in [-0.1, -0.05) is 0 Å². The Labute approximate surface area is 131 Å². The standard InChI is InChI=1S/C14H20O9/c1-6(15)10(19)11-12(20,7(2)16)5-13(21,8(3)17)14(22,23-11)9(4)18/h6,11,15,20-22H,5H2,1-4H3/t6?,11-,12-,13+,14+/m1/s1. The van der Waals surface area contributed by atoms with Crippen molar-refractivity contribution in [2.24, 2.45) is 0 Å². The van der Waals surface area contributed by atoms with E-state index in [2.05, 4.69) is 0 Å². The molecule has 1 aliphatic heterocycles. The van der Waals surface area contributed by atoms with Gasteiger partial charge in [-0.05, 0) is 20.8 Å². The minimum atomic E-state index is -3.14. The second kappa shape index (κ2) is 5.84. The molecular weight excluding hydrogens is 312 g/mol. The Bertz CT molecular complexity index is 569. The molecule has 1 saturated heterocycles. The molecule has 1 unspecified atom stereocenters. The third-order valence-corrected chi connectivity index (χ3v) is 4.15. The van der Waals surface area contributed by atoms with Crippen LogP contribution in [0.4, 0.5) is 0 Å². The van der Waals surface area contributed by atoms with E-state index in [4.69, 9.17) is 4.74 Å². The van der Waals surface area contributed by atoms with Crippen LogP contribution in [-0.4, -0.2) is 72.8 Å². The molecular formula is C14H20O9. The lowest BCUT2D eigenvalue weighted by Gasteiger charge is -2.51. The highest BCUT2D eigenvalue weighted by atomic mass is 16.7. The average molecular weight is 332 g/mol. The Balaban J connectivity index is 3.59. The maximum Gasteiger partial charge on any atom is 0.264 e. The topological polar surface area (TPSA) is 158 Å². The minimum Gasteiger partial charge on any atom is -0.386 e. The van der Waals surface area contributed by atoms with Crippen molar-refractivity contribution in [3.05, 3.63) is 0 Å². The van der Waals surface area contributed by atoms with Gasteiger partial charge in [-0.2, -0.15) is 0 Å². The molecule has 1 aliphatic rings. The summed E-state index contributed by atoms with van der Waals surface area (Å²) in [6, 6.07) is 0. The Morgan fingerprint density at radius 1 is 1.00 bits per heavy atom. The van der Waals surface area contributed by atoms with Crippen LogP contribution in [0.1, 0.15) is 34.1 Å². The summed E-state index contributed by atoms with van der Waals surface area (Å²) in [5, 5.41) is 40.7. The zero-order valence-electron chi connectivity index (χ0n) is 13.2. The molecule has 0 aromatic rings. The van der Waals surface area contributed by atoms with Crippen LogP contribution in [0.2, 0.25) is 0 Å². The SMILES string of the molecule is CC(=O)[C@]1(O)C[C@](O)(C(C)=O)[C@](O)(C(C)=O)O[C@@H]1C(=O)C(C)O. The molecule has 5 atom stereocenters. The van der Waals surface area contributed by atoms with E-state index in [-0.39, 0.29) is 0 Å². The first-order chi connectivity index (χ1) is 10.2. The highest BCUT2D eigenvalue weighted by Crippen LogP contribution is 2.43. The second-order valence-electron chi connectivity index (χ2n) is 5.85.